The Bertz CT molecular complexity index is 955. The molecule has 0 saturated heterocycles. The zero-order valence-electron chi connectivity index (χ0n) is 16.2. The summed E-state index contributed by atoms with van der Waals surface area (Å²) in [5.74, 6) is 0.478. The fourth-order valence-electron chi connectivity index (χ4n) is 2.56. The van der Waals surface area contributed by atoms with Gasteiger partial charge in [-0.05, 0) is 62.4 Å². The number of nitrogens with one attached hydrogen (secondary N) is 2. The summed E-state index contributed by atoms with van der Waals surface area (Å²) in [6, 6.07) is 17.9. The second-order valence-corrected chi connectivity index (χ2v) is 7.55. The third kappa shape index (κ3) is 5.65. The molecule has 0 aliphatic heterocycles. The lowest BCUT2D eigenvalue weighted by atomic mass is 10.3. The number of furan rings is 1. The van der Waals surface area contributed by atoms with Crippen LogP contribution in [0.1, 0.15) is 24.4 Å². The van der Waals surface area contributed by atoms with E-state index in [0.717, 1.165) is 4.90 Å². The van der Waals surface area contributed by atoms with Crippen molar-refractivity contribution >= 4 is 35.0 Å². The molecule has 2 N–H and O–H groups in total. The normalized spacial score (nSPS) is 11.5. The monoisotopic (exact) mass is 410 g/mol. The van der Waals surface area contributed by atoms with Crippen LogP contribution in [0.25, 0.3) is 0 Å². The maximum atomic E-state index is 12.6. The fourth-order valence-corrected chi connectivity index (χ4v) is 3.43. The zero-order chi connectivity index (χ0) is 20.6. The van der Waals surface area contributed by atoms with Crippen LogP contribution in [0.3, 0.4) is 0 Å². The molecule has 2 aromatic carbocycles. The molecule has 1 unspecified atom stereocenters. The number of carbonyl (C=O) groups is 2. The molecule has 0 aliphatic rings. The predicted molar refractivity (Wildman–Crippen MR) is 115 cm³/mol. The van der Waals surface area contributed by atoms with Crippen LogP contribution in [0.5, 0.6) is 5.75 Å². The highest BCUT2D eigenvalue weighted by Gasteiger charge is 2.16. The first kappa shape index (κ1) is 20.5. The first-order valence-electron chi connectivity index (χ1n) is 9.21. The molecule has 6 nitrogen and oxygen atoms in total. The van der Waals surface area contributed by atoms with E-state index in [2.05, 4.69) is 10.6 Å². The van der Waals surface area contributed by atoms with Gasteiger partial charge in [0.25, 0.3) is 5.91 Å². The number of anilines is 2. The Morgan fingerprint density at radius 2 is 1.79 bits per heavy atom. The third-order valence-electron chi connectivity index (χ3n) is 3.98. The minimum atomic E-state index is -0.312. The topological polar surface area (TPSA) is 80.6 Å². The van der Waals surface area contributed by atoms with Gasteiger partial charge in [-0.3, -0.25) is 9.59 Å². The van der Waals surface area contributed by atoms with Crippen LogP contribution >= 0.6 is 11.8 Å². The summed E-state index contributed by atoms with van der Waals surface area (Å²) in [5.41, 5.74) is 1.31. The van der Waals surface area contributed by atoms with Crippen molar-refractivity contribution in [1.82, 2.24) is 0 Å². The maximum absolute atomic E-state index is 12.6. The van der Waals surface area contributed by atoms with Gasteiger partial charge in [0.1, 0.15) is 5.75 Å². The van der Waals surface area contributed by atoms with E-state index in [1.807, 2.05) is 50.2 Å². The van der Waals surface area contributed by atoms with Gasteiger partial charge < -0.3 is 19.8 Å². The van der Waals surface area contributed by atoms with Gasteiger partial charge in [-0.15, -0.1) is 11.8 Å². The number of carbonyl (C=O) groups excluding carboxylic acids is 2. The number of amides is 2. The molecule has 3 rings (SSSR count). The predicted octanol–water partition coefficient (Wildman–Crippen LogP) is 5.05. The van der Waals surface area contributed by atoms with Crippen molar-refractivity contribution in [1.29, 1.82) is 0 Å². The Balaban J connectivity index is 1.57. The first-order valence-corrected chi connectivity index (χ1v) is 10.1. The quantitative estimate of drug-likeness (QED) is 0.508. The van der Waals surface area contributed by atoms with Gasteiger partial charge in [0, 0.05) is 10.6 Å². The lowest BCUT2D eigenvalue weighted by Gasteiger charge is -2.15. The van der Waals surface area contributed by atoms with Crippen molar-refractivity contribution in [3.63, 3.8) is 0 Å². The van der Waals surface area contributed by atoms with E-state index in [1.165, 1.54) is 18.0 Å². The lowest BCUT2D eigenvalue weighted by Crippen LogP contribution is -2.22. The molecule has 0 saturated carbocycles. The van der Waals surface area contributed by atoms with E-state index in [4.69, 9.17) is 9.15 Å². The van der Waals surface area contributed by atoms with Gasteiger partial charge in [-0.2, -0.15) is 0 Å². The molecule has 0 radical (unpaired) electrons. The average Bonchev–Trinajstić information content (AvgIpc) is 3.26. The number of hydrogen-bond acceptors (Lipinski definition) is 5. The van der Waals surface area contributed by atoms with Gasteiger partial charge in [0.05, 0.1) is 23.8 Å². The van der Waals surface area contributed by atoms with E-state index < -0.39 is 0 Å². The Labute approximate surface area is 173 Å². The average molecular weight is 410 g/mol. The summed E-state index contributed by atoms with van der Waals surface area (Å²) in [7, 11) is 0. The molecule has 0 bridgehead atoms. The van der Waals surface area contributed by atoms with Gasteiger partial charge >= 0.3 is 0 Å². The molecule has 1 atom stereocenters. The molecule has 1 heterocycles. The van der Waals surface area contributed by atoms with Crippen molar-refractivity contribution in [3.8, 4) is 5.75 Å². The van der Waals surface area contributed by atoms with Gasteiger partial charge in [0.15, 0.2) is 5.76 Å². The molecular formula is C22H22N2O4S. The van der Waals surface area contributed by atoms with Crippen molar-refractivity contribution in [3.05, 3.63) is 72.7 Å². The summed E-state index contributed by atoms with van der Waals surface area (Å²) in [5, 5.41) is 5.37. The number of ether oxygens (including phenoxy) is 1. The maximum Gasteiger partial charge on any atom is 0.291 e. The molecule has 2 amide bonds. The second-order valence-electron chi connectivity index (χ2n) is 6.13. The smallest absolute Gasteiger partial charge is 0.291 e. The highest BCUT2D eigenvalue weighted by molar-refractivity contribution is 8.00. The van der Waals surface area contributed by atoms with Crippen LogP contribution in [-0.4, -0.2) is 23.7 Å². The zero-order valence-corrected chi connectivity index (χ0v) is 17.0. The van der Waals surface area contributed by atoms with Crippen molar-refractivity contribution < 1.29 is 18.7 Å². The Morgan fingerprint density at radius 3 is 2.48 bits per heavy atom. The molecule has 0 spiro atoms. The summed E-state index contributed by atoms with van der Waals surface area (Å²) in [6.45, 7) is 4.27. The second kappa shape index (κ2) is 9.84. The Hall–Kier alpha value is -3.19. The number of rotatable bonds is 8. The number of hydrogen-bond donors (Lipinski definition) is 2. The molecular weight excluding hydrogens is 388 g/mol. The largest absolute Gasteiger partial charge is 0.492 e. The highest BCUT2D eigenvalue weighted by atomic mass is 32.2. The molecule has 3 aromatic rings. The molecule has 29 heavy (non-hydrogen) atoms. The SMILES string of the molecule is CCOc1ccccc1NC(=O)C(C)Sc1ccc(NC(=O)c2ccco2)cc1. The molecule has 0 fully saturated rings. The van der Waals surface area contributed by atoms with E-state index in [9.17, 15) is 9.59 Å². The molecule has 1 aromatic heterocycles. The van der Waals surface area contributed by atoms with E-state index in [1.54, 1.807) is 24.3 Å². The number of benzene rings is 2. The van der Waals surface area contributed by atoms with Crippen molar-refractivity contribution in [2.45, 2.75) is 24.0 Å². The Morgan fingerprint density at radius 1 is 1.03 bits per heavy atom. The van der Waals surface area contributed by atoms with Crippen LogP contribution in [0.2, 0.25) is 0 Å². The lowest BCUT2D eigenvalue weighted by molar-refractivity contribution is -0.115. The minimum absolute atomic E-state index is 0.114. The first-order chi connectivity index (χ1) is 14.1. The van der Waals surface area contributed by atoms with Crippen LogP contribution in [-0.2, 0) is 4.79 Å². The standard InChI is InChI=1S/C22H22N2O4S/c1-3-27-19-8-5-4-7-18(19)24-21(25)15(2)29-17-12-10-16(11-13-17)23-22(26)20-9-6-14-28-20/h4-15H,3H2,1-2H3,(H,23,26)(H,24,25). The summed E-state index contributed by atoms with van der Waals surface area (Å²) in [6.07, 6.45) is 1.45. The Kier molecular flexibility index (Phi) is 6.97. The third-order valence-corrected chi connectivity index (χ3v) is 5.10. The number of thioether (sulfide) groups is 1. The summed E-state index contributed by atoms with van der Waals surface area (Å²) in [4.78, 5) is 25.5. The summed E-state index contributed by atoms with van der Waals surface area (Å²) >= 11 is 1.43. The van der Waals surface area contributed by atoms with Crippen molar-refractivity contribution in [2.75, 3.05) is 17.2 Å². The summed E-state index contributed by atoms with van der Waals surface area (Å²) < 4.78 is 10.6. The number of para-hydroxylation sites is 2. The van der Waals surface area contributed by atoms with Gasteiger partial charge in [-0.25, -0.2) is 0 Å². The molecule has 7 heteroatoms. The fraction of sp³-hybridized carbons (Fsp3) is 0.182. The van der Waals surface area contributed by atoms with E-state index in [0.29, 0.717) is 23.7 Å². The van der Waals surface area contributed by atoms with Crippen LogP contribution in [0, 0.1) is 0 Å². The molecule has 0 aliphatic carbocycles. The molecule has 150 valence electrons. The van der Waals surface area contributed by atoms with Crippen molar-refractivity contribution in [2.24, 2.45) is 0 Å². The van der Waals surface area contributed by atoms with Crippen LogP contribution < -0.4 is 15.4 Å². The van der Waals surface area contributed by atoms with Crippen LogP contribution in [0.4, 0.5) is 11.4 Å². The van der Waals surface area contributed by atoms with Crippen LogP contribution in [0.15, 0.2) is 76.2 Å². The highest BCUT2D eigenvalue weighted by Crippen LogP contribution is 2.28. The van der Waals surface area contributed by atoms with E-state index in [-0.39, 0.29) is 22.8 Å². The van der Waals surface area contributed by atoms with Gasteiger partial charge in [-0.1, -0.05) is 12.1 Å². The minimum Gasteiger partial charge on any atom is -0.492 e. The van der Waals surface area contributed by atoms with E-state index >= 15 is 0 Å². The van der Waals surface area contributed by atoms with Gasteiger partial charge in [0.2, 0.25) is 5.91 Å².